The highest BCUT2D eigenvalue weighted by atomic mass is 16.2. The lowest BCUT2D eigenvalue weighted by Crippen LogP contribution is -2.44. The molecule has 1 saturated heterocycles. The second kappa shape index (κ2) is 7.46. The molecule has 2 aliphatic heterocycles. The van der Waals surface area contributed by atoms with Gasteiger partial charge in [0, 0.05) is 38.6 Å². The summed E-state index contributed by atoms with van der Waals surface area (Å²) in [5.74, 6) is 0.00277. The summed E-state index contributed by atoms with van der Waals surface area (Å²) in [7, 11) is 0. The molecule has 3 N–H and O–H groups in total. The normalized spacial score (nSPS) is 20.0. The second-order valence-corrected chi connectivity index (χ2v) is 6.18. The molecule has 0 aliphatic carbocycles. The van der Waals surface area contributed by atoms with Crippen LogP contribution in [0.5, 0.6) is 0 Å². The number of amides is 3. The lowest BCUT2D eigenvalue weighted by atomic mass is 10.0. The van der Waals surface area contributed by atoms with Crippen molar-refractivity contribution in [1.29, 1.82) is 0 Å². The fraction of sp³-hybridized carbons (Fsp3) is 0.529. The minimum atomic E-state index is -0.0881. The van der Waals surface area contributed by atoms with Crippen molar-refractivity contribution in [1.82, 2.24) is 20.9 Å². The summed E-state index contributed by atoms with van der Waals surface area (Å²) in [4.78, 5) is 25.8. The van der Waals surface area contributed by atoms with E-state index in [0.717, 1.165) is 32.5 Å². The average molecular weight is 316 g/mol. The maximum Gasteiger partial charge on any atom is 0.317 e. The summed E-state index contributed by atoms with van der Waals surface area (Å²) in [6.07, 6.45) is 2.19. The quantitative estimate of drug-likeness (QED) is 0.762. The molecule has 1 unspecified atom stereocenters. The molecule has 0 spiro atoms. The van der Waals surface area contributed by atoms with Gasteiger partial charge < -0.3 is 20.9 Å². The van der Waals surface area contributed by atoms with E-state index in [4.69, 9.17) is 0 Å². The van der Waals surface area contributed by atoms with Crippen LogP contribution in [0.3, 0.4) is 0 Å². The molecule has 3 rings (SSSR count). The SMILES string of the molecule is O=C(CCNC(=O)N1CCc2ccccc2C1)NC1CCNC1. The number of hydrogen-bond acceptors (Lipinski definition) is 3. The summed E-state index contributed by atoms with van der Waals surface area (Å²) in [5, 5.41) is 9.04. The van der Waals surface area contributed by atoms with Crippen LogP contribution < -0.4 is 16.0 Å². The van der Waals surface area contributed by atoms with Gasteiger partial charge in [-0.05, 0) is 30.5 Å². The molecular formula is C17H24N4O2. The highest BCUT2D eigenvalue weighted by molar-refractivity contribution is 5.78. The number of benzene rings is 1. The van der Waals surface area contributed by atoms with Crippen molar-refractivity contribution in [3.8, 4) is 0 Å². The van der Waals surface area contributed by atoms with Crippen molar-refractivity contribution in [3.63, 3.8) is 0 Å². The first kappa shape index (κ1) is 15.8. The number of carbonyl (C=O) groups excluding carboxylic acids is 2. The van der Waals surface area contributed by atoms with Crippen molar-refractivity contribution < 1.29 is 9.59 Å². The molecule has 0 aromatic heterocycles. The van der Waals surface area contributed by atoms with Gasteiger partial charge in [0.05, 0.1) is 0 Å². The number of hydrogen-bond donors (Lipinski definition) is 3. The number of nitrogens with one attached hydrogen (secondary N) is 3. The Kier molecular flexibility index (Phi) is 5.12. The van der Waals surface area contributed by atoms with Crippen LogP contribution >= 0.6 is 0 Å². The standard InChI is InChI=1S/C17H24N4O2/c22-16(20-15-5-8-18-11-15)6-9-19-17(23)21-10-7-13-3-1-2-4-14(13)12-21/h1-4,15,18H,5-12H2,(H,19,23)(H,20,22). The Morgan fingerprint density at radius 3 is 2.87 bits per heavy atom. The Balaban J connectivity index is 1.39. The van der Waals surface area contributed by atoms with Crippen LogP contribution in [0.25, 0.3) is 0 Å². The molecule has 1 aromatic rings. The van der Waals surface area contributed by atoms with E-state index in [0.29, 0.717) is 19.5 Å². The lowest BCUT2D eigenvalue weighted by Gasteiger charge is -2.28. The maximum absolute atomic E-state index is 12.2. The minimum Gasteiger partial charge on any atom is -0.352 e. The minimum absolute atomic E-state index is 0.00277. The molecule has 124 valence electrons. The van der Waals surface area contributed by atoms with Crippen molar-refractivity contribution in [2.45, 2.75) is 31.8 Å². The fourth-order valence-electron chi connectivity index (χ4n) is 3.14. The lowest BCUT2D eigenvalue weighted by molar-refractivity contribution is -0.121. The molecule has 3 amide bonds. The molecule has 2 heterocycles. The summed E-state index contributed by atoms with van der Waals surface area (Å²) < 4.78 is 0. The van der Waals surface area contributed by atoms with Crippen LogP contribution in [0.4, 0.5) is 4.79 Å². The van der Waals surface area contributed by atoms with Gasteiger partial charge in [0.15, 0.2) is 0 Å². The number of rotatable bonds is 4. The molecule has 2 aliphatic rings. The third-order valence-electron chi connectivity index (χ3n) is 4.47. The third-order valence-corrected chi connectivity index (χ3v) is 4.47. The van der Waals surface area contributed by atoms with Gasteiger partial charge in [0.1, 0.15) is 0 Å². The third kappa shape index (κ3) is 4.22. The molecule has 6 nitrogen and oxygen atoms in total. The van der Waals surface area contributed by atoms with Gasteiger partial charge >= 0.3 is 6.03 Å². The van der Waals surface area contributed by atoms with E-state index in [9.17, 15) is 9.59 Å². The zero-order valence-electron chi connectivity index (χ0n) is 13.3. The number of fused-ring (bicyclic) bond motifs is 1. The highest BCUT2D eigenvalue weighted by Crippen LogP contribution is 2.18. The zero-order chi connectivity index (χ0) is 16.1. The summed E-state index contributed by atoms with van der Waals surface area (Å²) in [5.41, 5.74) is 2.53. The van der Waals surface area contributed by atoms with Crippen molar-refractivity contribution >= 4 is 11.9 Å². The fourth-order valence-corrected chi connectivity index (χ4v) is 3.14. The van der Waals surface area contributed by atoms with Crippen LogP contribution in [0.2, 0.25) is 0 Å². The zero-order valence-corrected chi connectivity index (χ0v) is 13.3. The largest absolute Gasteiger partial charge is 0.352 e. The summed E-state index contributed by atoms with van der Waals surface area (Å²) in [6.45, 7) is 3.54. The van der Waals surface area contributed by atoms with Gasteiger partial charge in [-0.1, -0.05) is 24.3 Å². The van der Waals surface area contributed by atoms with Gasteiger partial charge in [-0.3, -0.25) is 4.79 Å². The first-order valence-electron chi connectivity index (χ1n) is 8.32. The predicted molar refractivity (Wildman–Crippen MR) is 88.0 cm³/mol. The summed E-state index contributed by atoms with van der Waals surface area (Å²) >= 11 is 0. The van der Waals surface area contributed by atoms with E-state index in [1.807, 2.05) is 12.1 Å². The number of urea groups is 1. The van der Waals surface area contributed by atoms with E-state index in [-0.39, 0.29) is 18.0 Å². The number of carbonyl (C=O) groups is 2. The van der Waals surface area contributed by atoms with Crippen molar-refractivity contribution in [2.75, 3.05) is 26.2 Å². The Hall–Kier alpha value is -2.08. The molecular weight excluding hydrogens is 292 g/mol. The van der Waals surface area contributed by atoms with E-state index in [1.165, 1.54) is 11.1 Å². The predicted octanol–water partition coefficient (Wildman–Crippen LogP) is 0.623. The second-order valence-electron chi connectivity index (χ2n) is 6.18. The molecule has 1 atom stereocenters. The Labute approximate surface area is 136 Å². The van der Waals surface area contributed by atoms with Crippen LogP contribution in [-0.2, 0) is 17.8 Å². The molecule has 0 saturated carbocycles. The van der Waals surface area contributed by atoms with E-state index in [1.54, 1.807) is 4.90 Å². The molecule has 0 radical (unpaired) electrons. The van der Waals surface area contributed by atoms with Gasteiger partial charge in [0.25, 0.3) is 0 Å². The van der Waals surface area contributed by atoms with Crippen LogP contribution in [-0.4, -0.2) is 49.1 Å². The summed E-state index contributed by atoms with van der Waals surface area (Å²) in [6, 6.07) is 8.37. The highest BCUT2D eigenvalue weighted by Gasteiger charge is 2.20. The van der Waals surface area contributed by atoms with Crippen LogP contribution in [0, 0.1) is 0 Å². The van der Waals surface area contributed by atoms with Gasteiger partial charge in [-0.15, -0.1) is 0 Å². The van der Waals surface area contributed by atoms with Crippen LogP contribution in [0.15, 0.2) is 24.3 Å². The maximum atomic E-state index is 12.2. The van der Waals surface area contributed by atoms with E-state index >= 15 is 0 Å². The first-order valence-corrected chi connectivity index (χ1v) is 8.32. The van der Waals surface area contributed by atoms with Gasteiger partial charge in [-0.25, -0.2) is 4.79 Å². The van der Waals surface area contributed by atoms with Crippen molar-refractivity contribution in [3.05, 3.63) is 35.4 Å². The molecule has 1 fully saturated rings. The number of nitrogens with zero attached hydrogens (tertiary/aromatic N) is 1. The van der Waals surface area contributed by atoms with Gasteiger partial charge in [0.2, 0.25) is 5.91 Å². The van der Waals surface area contributed by atoms with Crippen molar-refractivity contribution in [2.24, 2.45) is 0 Å². The Morgan fingerprint density at radius 1 is 1.26 bits per heavy atom. The molecule has 6 heteroatoms. The monoisotopic (exact) mass is 316 g/mol. The molecule has 0 bridgehead atoms. The molecule has 23 heavy (non-hydrogen) atoms. The van der Waals surface area contributed by atoms with E-state index < -0.39 is 0 Å². The molecule has 1 aromatic carbocycles. The smallest absolute Gasteiger partial charge is 0.317 e. The Bertz CT molecular complexity index is 569. The van der Waals surface area contributed by atoms with Crippen LogP contribution in [0.1, 0.15) is 24.0 Å². The van der Waals surface area contributed by atoms with E-state index in [2.05, 4.69) is 28.1 Å². The van der Waals surface area contributed by atoms with Gasteiger partial charge in [-0.2, -0.15) is 0 Å². The Morgan fingerprint density at radius 2 is 2.09 bits per heavy atom. The average Bonchev–Trinajstić information content (AvgIpc) is 3.07. The first-order chi connectivity index (χ1) is 11.2. The topological polar surface area (TPSA) is 73.5 Å².